The predicted molar refractivity (Wildman–Crippen MR) is 73.4 cm³/mol. The van der Waals surface area contributed by atoms with Crippen molar-refractivity contribution >= 4 is 5.97 Å². The highest BCUT2D eigenvalue weighted by Gasteiger charge is 2.30. The van der Waals surface area contributed by atoms with Gasteiger partial charge in [-0.3, -0.25) is 4.79 Å². The Morgan fingerprint density at radius 1 is 1.11 bits per heavy atom. The van der Waals surface area contributed by atoms with Crippen LogP contribution in [0.5, 0.6) is 0 Å². The molecule has 0 aromatic rings. The summed E-state index contributed by atoms with van der Waals surface area (Å²) in [4.78, 5) is 11.2. The normalized spacial score (nSPS) is 15.4. The van der Waals surface area contributed by atoms with E-state index >= 15 is 0 Å². The van der Waals surface area contributed by atoms with Crippen molar-refractivity contribution in [1.29, 1.82) is 0 Å². The fourth-order valence-corrected chi connectivity index (χ4v) is 2.14. The zero-order valence-electron chi connectivity index (χ0n) is 12.4. The minimum absolute atomic E-state index is 0.478. The molecule has 0 aromatic carbocycles. The number of hydrogen-bond donors (Lipinski definition) is 2. The lowest BCUT2D eigenvalue weighted by Gasteiger charge is -2.29. The summed E-state index contributed by atoms with van der Waals surface area (Å²) in [6.45, 7) is 2.64. The summed E-state index contributed by atoms with van der Waals surface area (Å²) in [5.41, 5.74) is 0. The highest BCUT2D eigenvalue weighted by Crippen LogP contribution is 2.17. The van der Waals surface area contributed by atoms with Crippen molar-refractivity contribution in [1.82, 2.24) is 0 Å². The van der Waals surface area contributed by atoms with Gasteiger partial charge in [0.2, 0.25) is 0 Å². The summed E-state index contributed by atoms with van der Waals surface area (Å²) < 4.78 is 0.584. The SMILES string of the molecule is CCCCCCCC(C(=O)O)C(O)C[N+](C)(C)C. The van der Waals surface area contributed by atoms with Crippen LogP contribution in [0.3, 0.4) is 0 Å². The van der Waals surface area contributed by atoms with Gasteiger partial charge in [0.05, 0.1) is 27.1 Å². The van der Waals surface area contributed by atoms with Gasteiger partial charge < -0.3 is 14.7 Å². The molecule has 4 nitrogen and oxygen atoms in total. The minimum atomic E-state index is -0.869. The molecule has 0 bridgehead atoms. The molecule has 0 rings (SSSR count). The summed E-state index contributed by atoms with van der Waals surface area (Å²) >= 11 is 0. The van der Waals surface area contributed by atoms with E-state index in [9.17, 15) is 15.0 Å². The zero-order chi connectivity index (χ0) is 14.2. The van der Waals surface area contributed by atoms with Crippen molar-refractivity contribution in [2.45, 2.75) is 51.6 Å². The van der Waals surface area contributed by atoms with Gasteiger partial charge in [-0.05, 0) is 6.42 Å². The zero-order valence-corrected chi connectivity index (χ0v) is 12.4. The fourth-order valence-electron chi connectivity index (χ4n) is 2.14. The standard InChI is InChI=1S/C14H29NO3/c1-5-6-7-8-9-10-12(14(17)18)13(16)11-15(2,3)4/h12-13,16H,5-11H2,1-4H3/p+1. The van der Waals surface area contributed by atoms with Crippen molar-refractivity contribution in [2.75, 3.05) is 27.7 Å². The molecule has 0 saturated carbocycles. The van der Waals surface area contributed by atoms with Crippen molar-refractivity contribution in [3.8, 4) is 0 Å². The molecular weight excluding hydrogens is 230 g/mol. The lowest BCUT2D eigenvalue weighted by Crippen LogP contribution is -2.45. The molecule has 0 amide bonds. The average molecular weight is 260 g/mol. The second-order valence-corrected chi connectivity index (χ2v) is 6.19. The van der Waals surface area contributed by atoms with E-state index in [1.165, 1.54) is 12.8 Å². The van der Waals surface area contributed by atoms with Crippen LogP contribution in [0.15, 0.2) is 0 Å². The number of likely N-dealkylation sites (N-methyl/N-ethyl adjacent to an activating group) is 1. The molecule has 4 heteroatoms. The molecule has 0 aromatic heterocycles. The smallest absolute Gasteiger partial charge is 0.309 e. The van der Waals surface area contributed by atoms with Crippen LogP contribution in [0.25, 0.3) is 0 Å². The first kappa shape index (κ1) is 17.4. The maximum atomic E-state index is 11.2. The number of rotatable bonds is 10. The van der Waals surface area contributed by atoms with Crippen molar-refractivity contribution in [3.05, 3.63) is 0 Å². The van der Waals surface area contributed by atoms with Gasteiger partial charge in [0, 0.05) is 0 Å². The van der Waals surface area contributed by atoms with Crippen molar-refractivity contribution in [2.24, 2.45) is 5.92 Å². The van der Waals surface area contributed by atoms with E-state index in [0.29, 0.717) is 17.4 Å². The average Bonchev–Trinajstić information content (AvgIpc) is 2.19. The number of carbonyl (C=O) groups is 1. The van der Waals surface area contributed by atoms with E-state index in [2.05, 4.69) is 6.92 Å². The van der Waals surface area contributed by atoms with Gasteiger partial charge in [-0.2, -0.15) is 0 Å². The van der Waals surface area contributed by atoms with Gasteiger partial charge >= 0.3 is 5.97 Å². The number of aliphatic carboxylic acids is 1. The second-order valence-electron chi connectivity index (χ2n) is 6.19. The van der Waals surface area contributed by atoms with Crippen LogP contribution in [0.1, 0.15) is 45.4 Å². The molecule has 0 spiro atoms. The number of carboxylic acids is 1. The Hall–Kier alpha value is -0.610. The van der Waals surface area contributed by atoms with E-state index in [0.717, 1.165) is 19.3 Å². The van der Waals surface area contributed by atoms with Crippen LogP contribution in [-0.4, -0.2) is 54.5 Å². The van der Waals surface area contributed by atoms with Crippen LogP contribution < -0.4 is 0 Å². The largest absolute Gasteiger partial charge is 0.481 e. The van der Waals surface area contributed by atoms with Crippen molar-refractivity contribution < 1.29 is 19.5 Å². The van der Waals surface area contributed by atoms with Crippen LogP contribution in [0.4, 0.5) is 0 Å². The van der Waals surface area contributed by atoms with Gasteiger partial charge in [0.1, 0.15) is 12.6 Å². The van der Waals surface area contributed by atoms with Gasteiger partial charge in [-0.25, -0.2) is 0 Å². The maximum Gasteiger partial charge on any atom is 0.309 e. The summed E-state index contributed by atoms with van der Waals surface area (Å²) in [6, 6.07) is 0. The Kier molecular flexibility index (Phi) is 8.20. The second kappa shape index (κ2) is 8.48. The van der Waals surface area contributed by atoms with Crippen LogP contribution in [0, 0.1) is 5.92 Å². The number of hydrogen-bond acceptors (Lipinski definition) is 2. The Bertz CT molecular complexity index is 236. The lowest BCUT2D eigenvalue weighted by atomic mass is 9.94. The first-order valence-electron chi connectivity index (χ1n) is 6.99. The van der Waals surface area contributed by atoms with Crippen LogP contribution in [-0.2, 0) is 4.79 Å². The van der Waals surface area contributed by atoms with Crippen LogP contribution >= 0.6 is 0 Å². The molecule has 0 fully saturated rings. The quantitative estimate of drug-likeness (QED) is 0.467. The van der Waals surface area contributed by atoms with E-state index in [1.54, 1.807) is 0 Å². The Morgan fingerprint density at radius 3 is 2.11 bits per heavy atom. The molecule has 0 aliphatic heterocycles. The van der Waals surface area contributed by atoms with E-state index in [-0.39, 0.29) is 0 Å². The summed E-state index contributed by atoms with van der Waals surface area (Å²) in [5, 5.41) is 19.2. The molecule has 2 N–H and O–H groups in total. The molecule has 2 unspecified atom stereocenters. The first-order chi connectivity index (χ1) is 8.28. The van der Waals surface area contributed by atoms with Crippen molar-refractivity contribution in [3.63, 3.8) is 0 Å². The molecule has 0 aliphatic carbocycles. The fraction of sp³-hybridized carbons (Fsp3) is 0.929. The third-order valence-corrected chi connectivity index (χ3v) is 3.14. The Labute approximate surface area is 111 Å². The number of nitrogens with zero attached hydrogens (tertiary/aromatic N) is 1. The van der Waals surface area contributed by atoms with E-state index < -0.39 is 18.0 Å². The third kappa shape index (κ3) is 8.48. The highest BCUT2D eigenvalue weighted by molar-refractivity contribution is 5.70. The van der Waals surface area contributed by atoms with Gasteiger partial charge in [-0.15, -0.1) is 0 Å². The monoisotopic (exact) mass is 260 g/mol. The molecule has 2 atom stereocenters. The predicted octanol–water partition coefficient (Wildman–Crippen LogP) is 2.11. The van der Waals surface area contributed by atoms with E-state index in [4.69, 9.17) is 0 Å². The highest BCUT2D eigenvalue weighted by atomic mass is 16.4. The third-order valence-electron chi connectivity index (χ3n) is 3.14. The first-order valence-corrected chi connectivity index (χ1v) is 6.99. The lowest BCUT2D eigenvalue weighted by molar-refractivity contribution is -0.874. The van der Waals surface area contributed by atoms with Gasteiger partial charge in [0.25, 0.3) is 0 Å². The number of aliphatic hydroxyl groups excluding tert-OH is 1. The molecule has 108 valence electrons. The number of carboxylic acid groups (broad SMARTS) is 1. The molecule has 0 saturated heterocycles. The van der Waals surface area contributed by atoms with Gasteiger partial charge in [-0.1, -0.05) is 39.0 Å². The number of quaternary nitrogens is 1. The summed E-state index contributed by atoms with van der Waals surface area (Å²) in [6.07, 6.45) is 5.34. The topological polar surface area (TPSA) is 57.5 Å². The Morgan fingerprint density at radius 2 is 1.67 bits per heavy atom. The molecule has 0 radical (unpaired) electrons. The Balaban J connectivity index is 4.10. The van der Waals surface area contributed by atoms with Gasteiger partial charge in [0.15, 0.2) is 0 Å². The summed E-state index contributed by atoms with van der Waals surface area (Å²) in [5.74, 6) is -1.49. The molecular formula is C14H30NO3+. The maximum absolute atomic E-state index is 11.2. The summed E-state index contributed by atoms with van der Waals surface area (Å²) in [7, 11) is 5.89. The van der Waals surface area contributed by atoms with E-state index in [1.807, 2.05) is 21.1 Å². The number of unbranched alkanes of at least 4 members (excludes halogenated alkanes) is 4. The molecule has 0 heterocycles. The number of aliphatic hydroxyl groups is 1. The minimum Gasteiger partial charge on any atom is -0.481 e. The van der Waals surface area contributed by atoms with Crippen LogP contribution in [0.2, 0.25) is 0 Å². The molecule has 0 aliphatic rings. The molecule has 18 heavy (non-hydrogen) atoms.